The molecule has 46 heavy (non-hydrogen) atoms. The molecule has 4 heterocycles. The average molecular weight is 661 g/mol. The molecule has 7 rings (SSSR count). The minimum Gasteiger partial charge on any atom is -0.858 e. The van der Waals surface area contributed by atoms with Crippen LogP contribution in [-0.4, -0.2) is 87.7 Å². The number of thiazole rings is 1. The highest BCUT2D eigenvalue weighted by Gasteiger charge is 2.38. The number of nitrogens with zero attached hydrogens (tertiary/aromatic N) is 6. The van der Waals surface area contributed by atoms with Gasteiger partial charge in [0.2, 0.25) is 0 Å². The van der Waals surface area contributed by atoms with Crippen molar-refractivity contribution < 1.29 is 14.6 Å². The molecule has 1 aliphatic carbocycles. The van der Waals surface area contributed by atoms with Crippen LogP contribution in [0, 0.1) is 6.92 Å². The van der Waals surface area contributed by atoms with Crippen LogP contribution < -0.4 is 16.0 Å². The van der Waals surface area contributed by atoms with Crippen molar-refractivity contribution in [3.63, 3.8) is 0 Å². The number of ether oxygens (including phenoxy) is 1. The van der Waals surface area contributed by atoms with Crippen LogP contribution in [0.5, 0.6) is 0 Å². The van der Waals surface area contributed by atoms with E-state index in [0.717, 1.165) is 36.1 Å². The number of nitrogens with one attached hydrogen (secondary N) is 1. The Labute approximate surface area is 275 Å². The molecule has 240 valence electrons. The van der Waals surface area contributed by atoms with Gasteiger partial charge in [0.25, 0.3) is 5.56 Å². The number of aryl methyl sites for hydroxylation is 1. The average Bonchev–Trinajstić information content (AvgIpc) is 3.65. The van der Waals surface area contributed by atoms with E-state index < -0.39 is 0 Å². The van der Waals surface area contributed by atoms with Gasteiger partial charge in [0.05, 0.1) is 34.4 Å². The molecule has 11 nitrogen and oxygen atoms in total. The summed E-state index contributed by atoms with van der Waals surface area (Å²) in [6, 6.07) is 11.7. The molecule has 2 saturated heterocycles. The molecule has 0 spiro atoms. The topological polar surface area (TPSA) is 128 Å². The second-order valence-electron chi connectivity index (χ2n) is 12.6. The first-order valence-corrected chi connectivity index (χ1v) is 16.7. The molecular formula is C33H35ClN7O4S-. The predicted octanol–water partition coefficient (Wildman–Crippen LogP) is 4.12. The molecular weight excluding hydrogens is 626 g/mol. The minimum absolute atomic E-state index is 0.00729. The lowest BCUT2D eigenvalue weighted by Gasteiger charge is -2.38. The van der Waals surface area contributed by atoms with E-state index in [9.17, 15) is 14.7 Å². The summed E-state index contributed by atoms with van der Waals surface area (Å²) < 4.78 is 6.94. The summed E-state index contributed by atoms with van der Waals surface area (Å²) in [5.74, 6) is 0.335. The van der Waals surface area contributed by atoms with Crippen LogP contribution in [-0.2, 0) is 11.3 Å². The van der Waals surface area contributed by atoms with Gasteiger partial charge in [0, 0.05) is 47.0 Å². The number of carbonyl (C=O) groups is 1. The fourth-order valence-electron chi connectivity index (χ4n) is 6.50. The summed E-state index contributed by atoms with van der Waals surface area (Å²) in [6.45, 7) is 3.15. The van der Waals surface area contributed by atoms with Gasteiger partial charge in [-0.3, -0.25) is 14.4 Å². The molecule has 1 N–H and O–H groups in total. The number of amides is 1. The van der Waals surface area contributed by atoms with E-state index >= 15 is 0 Å². The minimum atomic E-state index is -0.262. The Balaban J connectivity index is 1.24. The van der Waals surface area contributed by atoms with E-state index in [1.165, 1.54) is 11.3 Å². The predicted molar refractivity (Wildman–Crippen MR) is 178 cm³/mol. The molecule has 2 aromatic carbocycles. The molecule has 2 aliphatic heterocycles. The Hall–Kier alpha value is -4.00. The third-order valence-corrected chi connectivity index (χ3v) is 10.6. The molecule has 13 heteroatoms. The third-order valence-electron chi connectivity index (χ3n) is 9.31. The van der Waals surface area contributed by atoms with E-state index in [-0.39, 0.29) is 35.7 Å². The maximum absolute atomic E-state index is 13.9. The van der Waals surface area contributed by atoms with Crippen molar-refractivity contribution in [2.45, 2.75) is 63.3 Å². The van der Waals surface area contributed by atoms with Crippen LogP contribution >= 0.6 is 22.9 Å². The Bertz CT molecular complexity index is 1880. The molecule has 1 unspecified atom stereocenters. The molecule has 0 radical (unpaired) electrons. The molecule has 3 aliphatic rings. The van der Waals surface area contributed by atoms with Gasteiger partial charge in [-0.1, -0.05) is 23.7 Å². The van der Waals surface area contributed by atoms with Crippen LogP contribution in [0.3, 0.4) is 0 Å². The van der Waals surface area contributed by atoms with Crippen LogP contribution in [0.1, 0.15) is 41.9 Å². The molecule has 0 bridgehead atoms. The molecule has 1 saturated carbocycles. The number of hydrogen-bond acceptors (Lipinski definition) is 10. The van der Waals surface area contributed by atoms with Crippen molar-refractivity contribution in [3.8, 4) is 10.6 Å². The van der Waals surface area contributed by atoms with Crippen molar-refractivity contribution in [1.29, 1.82) is 0 Å². The molecule has 2 aromatic heterocycles. The summed E-state index contributed by atoms with van der Waals surface area (Å²) in [7, 11) is 4.09. The smallest absolute Gasteiger partial charge is 0.410 e. The van der Waals surface area contributed by atoms with Gasteiger partial charge in [-0.2, -0.15) is 0 Å². The Morgan fingerprint density at radius 1 is 1.20 bits per heavy atom. The van der Waals surface area contributed by atoms with E-state index in [1.807, 2.05) is 45.3 Å². The monoisotopic (exact) mass is 660 g/mol. The Morgan fingerprint density at radius 3 is 2.74 bits per heavy atom. The van der Waals surface area contributed by atoms with Gasteiger partial charge in [-0.15, -0.1) is 11.3 Å². The maximum Gasteiger partial charge on any atom is 0.410 e. The fraction of sp³-hybridized carbons (Fsp3) is 0.424. The number of benzene rings is 2. The van der Waals surface area contributed by atoms with Crippen molar-refractivity contribution in [3.05, 3.63) is 74.2 Å². The summed E-state index contributed by atoms with van der Waals surface area (Å²) >= 11 is 7.37. The highest BCUT2D eigenvalue weighted by Crippen LogP contribution is 2.36. The van der Waals surface area contributed by atoms with Crippen molar-refractivity contribution in [2.75, 3.05) is 32.6 Å². The number of fused-ring (bicyclic) bond motifs is 2. The van der Waals surface area contributed by atoms with Gasteiger partial charge < -0.3 is 25.0 Å². The lowest BCUT2D eigenvalue weighted by atomic mass is 9.86. The molecule has 1 amide bonds. The standard InChI is InChI=1S/C33H36ClN7O4S/c1-18-36-28-13-25(31-35-15-29(46-31)30(42)38-22-11-23(12-22)39(2)3)27(37-21-8-9-40-24(10-21)17-45-33(40)44)14-26(28)32(43)41(18)16-19-4-6-20(34)7-5-19/h4-7,13-15,21-24,37H,8-12,16-17H2,1-3H3,(H,38,42)/p-1/t21?,22?,23?,24-/m0/s1. The van der Waals surface area contributed by atoms with Gasteiger partial charge in [0.1, 0.15) is 17.4 Å². The second-order valence-corrected chi connectivity index (χ2v) is 14.1. The number of hydrogen-bond donors (Lipinski definition) is 1. The third kappa shape index (κ3) is 5.96. The summed E-state index contributed by atoms with van der Waals surface area (Å²) in [4.78, 5) is 44.4. The second kappa shape index (κ2) is 12.3. The number of aliphatic imine (C=N–C) groups is 1. The Kier molecular flexibility index (Phi) is 8.20. The van der Waals surface area contributed by atoms with Gasteiger partial charge in [-0.05, 0) is 76.5 Å². The number of cyclic esters (lactones) is 1. The highest BCUT2D eigenvalue weighted by molar-refractivity contribution is 7.16. The molecule has 2 atom stereocenters. The van der Waals surface area contributed by atoms with Gasteiger partial charge >= 0.3 is 6.09 Å². The zero-order chi connectivity index (χ0) is 32.1. The zero-order valence-corrected chi connectivity index (χ0v) is 27.5. The number of halogens is 1. The number of rotatable bonds is 8. The van der Waals surface area contributed by atoms with E-state index in [2.05, 4.69) is 20.2 Å². The Morgan fingerprint density at radius 2 is 1.98 bits per heavy atom. The van der Waals surface area contributed by atoms with E-state index in [4.69, 9.17) is 21.3 Å². The molecule has 4 aromatic rings. The van der Waals surface area contributed by atoms with Crippen molar-refractivity contribution in [2.24, 2.45) is 4.99 Å². The number of piperidine rings is 1. The largest absolute Gasteiger partial charge is 0.858 e. The van der Waals surface area contributed by atoms with Gasteiger partial charge in [0.15, 0.2) is 0 Å². The lowest BCUT2D eigenvalue weighted by molar-refractivity contribution is -0.213. The quantitative estimate of drug-likeness (QED) is 0.221. The van der Waals surface area contributed by atoms with Crippen LogP contribution in [0.15, 0.2) is 52.4 Å². The zero-order valence-electron chi connectivity index (χ0n) is 25.9. The number of carbonyl (C=O) groups excluding carboxylic acids is 1. The van der Waals surface area contributed by atoms with Crippen LogP contribution in [0.4, 0.5) is 10.5 Å². The first-order valence-electron chi connectivity index (χ1n) is 15.5. The fourth-order valence-corrected chi connectivity index (χ4v) is 7.46. The van der Waals surface area contributed by atoms with Gasteiger partial charge in [-0.25, -0.2) is 14.8 Å². The molecule has 3 fully saturated rings. The number of anilines is 1. The number of aromatic nitrogens is 3. The summed E-state index contributed by atoms with van der Waals surface area (Å²) in [5, 5.41) is 18.5. The highest BCUT2D eigenvalue weighted by atomic mass is 35.5. The summed E-state index contributed by atoms with van der Waals surface area (Å²) in [6.07, 6.45) is 4.52. The van der Waals surface area contributed by atoms with Crippen LogP contribution in [0.25, 0.3) is 21.5 Å². The van der Waals surface area contributed by atoms with Crippen molar-refractivity contribution in [1.82, 2.24) is 24.3 Å². The van der Waals surface area contributed by atoms with Crippen molar-refractivity contribution >= 4 is 51.5 Å². The van der Waals surface area contributed by atoms with E-state index in [0.29, 0.717) is 63.8 Å². The normalized spacial score (nSPS) is 23.0. The summed E-state index contributed by atoms with van der Waals surface area (Å²) in [5.41, 5.74) is 2.83. The lowest BCUT2D eigenvalue weighted by Crippen LogP contribution is -2.45. The first kappa shape index (κ1) is 30.6. The maximum atomic E-state index is 13.9. The van der Waals surface area contributed by atoms with E-state index in [1.54, 1.807) is 27.8 Å². The first-order chi connectivity index (χ1) is 22.1. The SMILES string of the molecule is Cc1nc2cc(-c3ncc(C([O-])=NC4CC(N(C)C)C4)s3)c(NC3CCN4C(=O)OC[C@@H]4C3)cc2c(=O)n1Cc1ccc(Cl)cc1. The van der Waals surface area contributed by atoms with Crippen LogP contribution in [0.2, 0.25) is 5.02 Å².